The summed E-state index contributed by atoms with van der Waals surface area (Å²) in [4.78, 5) is 13.8. The number of H-pyrrole nitrogens is 1. The van der Waals surface area contributed by atoms with Crippen molar-refractivity contribution in [1.82, 2.24) is 4.98 Å². The molecular formula is C15H10ClNO4S. The van der Waals surface area contributed by atoms with Crippen LogP contribution in [-0.4, -0.2) is 18.5 Å². The van der Waals surface area contributed by atoms with Gasteiger partial charge in [0.25, 0.3) is 5.56 Å². The summed E-state index contributed by atoms with van der Waals surface area (Å²) >= 11 is 5.74. The van der Waals surface area contributed by atoms with Gasteiger partial charge in [0, 0.05) is 10.4 Å². The molecular weight excluding hydrogens is 326 g/mol. The van der Waals surface area contributed by atoms with E-state index in [1.165, 1.54) is 30.3 Å². The van der Waals surface area contributed by atoms with E-state index in [-0.39, 0.29) is 10.3 Å². The molecule has 0 bridgehead atoms. The van der Waals surface area contributed by atoms with E-state index in [1.54, 1.807) is 18.2 Å². The molecule has 3 aromatic rings. The summed E-state index contributed by atoms with van der Waals surface area (Å²) in [6.07, 6.45) is 0. The number of sulfone groups is 1. The van der Waals surface area contributed by atoms with Crippen molar-refractivity contribution >= 4 is 32.3 Å². The molecule has 0 aliphatic heterocycles. The van der Waals surface area contributed by atoms with Gasteiger partial charge in [-0.15, -0.1) is 0 Å². The molecule has 22 heavy (non-hydrogen) atoms. The molecule has 2 N–H and O–H groups in total. The van der Waals surface area contributed by atoms with Crippen LogP contribution < -0.4 is 5.56 Å². The smallest absolute Gasteiger partial charge is 0.271 e. The van der Waals surface area contributed by atoms with Crippen LogP contribution >= 0.6 is 11.6 Å². The lowest BCUT2D eigenvalue weighted by atomic mass is 10.2. The Morgan fingerprint density at radius 1 is 1.00 bits per heavy atom. The van der Waals surface area contributed by atoms with E-state index in [0.29, 0.717) is 10.5 Å². The number of benzene rings is 2. The minimum absolute atomic E-state index is 0.118. The Labute approximate surface area is 130 Å². The minimum Gasteiger partial charge on any atom is -0.506 e. The highest BCUT2D eigenvalue weighted by Crippen LogP contribution is 2.31. The molecule has 0 saturated carbocycles. The quantitative estimate of drug-likeness (QED) is 0.753. The van der Waals surface area contributed by atoms with Crippen molar-refractivity contribution in [3.8, 4) is 5.75 Å². The van der Waals surface area contributed by atoms with Crippen LogP contribution in [0.25, 0.3) is 10.9 Å². The van der Waals surface area contributed by atoms with E-state index in [4.69, 9.17) is 11.6 Å². The highest BCUT2D eigenvalue weighted by molar-refractivity contribution is 7.91. The third-order valence-electron chi connectivity index (χ3n) is 3.24. The topological polar surface area (TPSA) is 87.2 Å². The number of aromatic nitrogens is 1. The first kappa shape index (κ1) is 14.6. The second kappa shape index (κ2) is 5.15. The van der Waals surface area contributed by atoms with Gasteiger partial charge in [-0.05, 0) is 36.4 Å². The normalized spacial score (nSPS) is 11.7. The van der Waals surface area contributed by atoms with Crippen molar-refractivity contribution in [2.75, 3.05) is 0 Å². The van der Waals surface area contributed by atoms with Gasteiger partial charge in [-0.3, -0.25) is 4.79 Å². The van der Waals surface area contributed by atoms with Crippen molar-refractivity contribution < 1.29 is 13.5 Å². The highest BCUT2D eigenvalue weighted by Gasteiger charge is 2.27. The van der Waals surface area contributed by atoms with Crippen molar-refractivity contribution in [3.05, 3.63) is 63.9 Å². The molecule has 0 atom stereocenters. The molecule has 3 rings (SSSR count). The highest BCUT2D eigenvalue weighted by atomic mass is 35.5. The van der Waals surface area contributed by atoms with Gasteiger partial charge in [-0.1, -0.05) is 23.7 Å². The molecule has 112 valence electrons. The van der Waals surface area contributed by atoms with Crippen LogP contribution in [-0.2, 0) is 9.84 Å². The predicted octanol–water partition coefficient (Wildman–Crippen LogP) is 2.72. The molecule has 5 nitrogen and oxygen atoms in total. The second-order valence-corrected chi connectivity index (χ2v) is 6.96. The Bertz CT molecular complexity index is 1020. The Morgan fingerprint density at radius 2 is 1.64 bits per heavy atom. The molecule has 1 heterocycles. The number of fused-ring (bicyclic) bond motifs is 1. The van der Waals surface area contributed by atoms with Crippen LogP contribution in [0.3, 0.4) is 0 Å². The third-order valence-corrected chi connectivity index (χ3v) is 5.31. The van der Waals surface area contributed by atoms with Crippen LogP contribution in [0.15, 0.2) is 63.1 Å². The Morgan fingerprint density at radius 3 is 2.32 bits per heavy atom. The van der Waals surface area contributed by atoms with Gasteiger partial charge in [0.15, 0.2) is 4.90 Å². The maximum absolute atomic E-state index is 12.6. The molecule has 0 spiro atoms. The van der Waals surface area contributed by atoms with Crippen molar-refractivity contribution in [2.24, 2.45) is 0 Å². The molecule has 2 aromatic carbocycles. The number of pyridine rings is 1. The molecule has 0 aliphatic rings. The number of hydrogen-bond acceptors (Lipinski definition) is 4. The molecule has 0 unspecified atom stereocenters. The van der Waals surface area contributed by atoms with Gasteiger partial charge < -0.3 is 10.1 Å². The predicted molar refractivity (Wildman–Crippen MR) is 83.1 cm³/mol. The molecule has 0 fully saturated rings. The Kier molecular flexibility index (Phi) is 3.42. The maximum atomic E-state index is 12.6. The van der Waals surface area contributed by atoms with E-state index in [1.807, 2.05) is 0 Å². The number of rotatable bonds is 2. The lowest BCUT2D eigenvalue weighted by Gasteiger charge is -2.08. The number of aromatic hydroxyl groups is 1. The fourth-order valence-corrected chi connectivity index (χ4v) is 3.70. The lowest BCUT2D eigenvalue weighted by molar-refractivity contribution is 0.463. The van der Waals surface area contributed by atoms with E-state index in [0.717, 1.165) is 0 Å². The van der Waals surface area contributed by atoms with Crippen LogP contribution in [0.2, 0.25) is 5.02 Å². The lowest BCUT2D eigenvalue weighted by Crippen LogP contribution is -2.18. The molecule has 0 aliphatic carbocycles. The average molecular weight is 336 g/mol. The van der Waals surface area contributed by atoms with E-state index < -0.39 is 26.0 Å². The molecule has 1 aromatic heterocycles. The van der Waals surface area contributed by atoms with Gasteiger partial charge in [-0.25, -0.2) is 8.42 Å². The summed E-state index contributed by atoms with van der Waals surface area (Å²) in [7, 11) is -4.16. The summed E-state index contributed by atoms with van der Waals surface area (Å²) < 4.78 is 25.2. The summed E-state index contributed by atoms with van der Waals surface area (Å²) in [5.41, 5.74) is -0.508. The number of halogens is 1. The molecule has 0 saturated heterocycles. The van der Waals surface area contributed by atoms with Gasteiger partial charge in [-0.2, -0.15) is 0 Å². The first-order valence-corrected chi connectivity index (χ1v) is 8.12. The Hall–Kier alpha value is -2.31. The van der Waals surface area contributed by atoms with Crippen LogP contribution in [0, 0.1) is 0 Å². The molecule has 0 amide bonds. The first-order valence-electron chi connectivity index (χ1n) is 6.26. The van der Waals surface area contributed by atoms with E-state index >= 15 is 0 Å². The minimum atomic E-state index is -4.16. The fraction of sp³-hybridized carbons (Fsp3) is 0. The van der Waals surface area contributed by atoms with Crippen molar-refractivity contribution in [3.63, 3.8) is 0 Å². The number of nitrogens with one attached hydrogen (secondary N) is 1. The summed E-state index contributed by atoms with van der Waals surface area (Å²) in [5, 5.41) is 10.9. The average Bonchev–Trinajstić information content (AvgIpc) is 2.47. The van der Waals surface area contributed by atoms with Crippen molar-refractivity contribution in [2.45, 2.75) is 9.79 Å². The van der Waals surface area contributed by atoms with Gasteiger partial charge >= 0.3 is 0 Å². The zero-order valence-electron chi connectivity index (χ0n) is 11.1. The number of para-hydroxylation sites is 1. The first-order chi connectivity index (χ1) is 10.4. The maximum Gasteiger partial charge on any atom is 0.271 e. The summed E-state index contributed by atoms with van der Waals surface area (Å²) in [6, 6.07) is 11.8. The van der Waals surface area contributed by atoms with Crippen LogP contribution in [0.5, 0.6) is 5.75 Å². The molecule has 7 heteroatoms. The summed E-state index contributed by atoms with van der Waals surface area (Å²) in [6.45, 7) is 0. The second-order valence-electron chi connectivity index (χ2n) is 4.63. The zero-order valence-corrected chi connectivity index (χ0v) is 12.6. The van der Waals surface area contributed by atoms with Crippen molar-refractivity contribution in [1.29, 1.82) is 0 Å². The number of aromatic amines is 1. The van der Waals surface area contributed by atoms with Crippen LogP contribution in [0.4, 0.5) is 0 Å². The summed E-state index contributed by atoms with van der Waals surface area (Å²) in [5.74, 6) is -0.561. The number of hydrogen-bond donors (Lipinski definition) is 2. The SMILES string of the molecule is O=c1[nH]c2ccccc2c(O)c1S(=O)(=O)c1ccc(Cl)cc1. The fourth-order valence-electron chi connectivity index (χ4n) is 2.19. The molecule has 0 radical (unpaired) electrons. The van der Waals surface area contributed by atoms with E-state index in [2.05, 4.69) is 4.98 Å². The largest absolute Gasteiger partial charge is 0.506 e. The Balaban J connectivity index is 2.34. The van der Waals surface area contributed by atoms with Gasteiger partial charge in [0.2, 0.25) is 9.84 Å². The van der Waals surface area contributed by atoms with Gasteiger partial charge in [0.1, 0.15) is 5.75 Å². The van der Waals surface area contributed by atoms with Gasteiger partial charge in [0.05, 0.1) is 10.4 Å². The standard InChI is InChI=1S/C15H10ClNO4S/c16-9-5-7-10(8-6-9)22(20,21)14-13(18)11-3-1-2-4-12(11)17-15(14)19/h1-8H,(H2,17,18,19). The third kappa shape index (κ3) is 2.26. The zero-order chi connectivity index (χ0) is 15.9. The monoisotopic (exact) mass is 335 g/mol. The van der Waals surface area contributed by atoms with Crippen LogP contribution in [0.1, 0.15) is 0 Å². The van der Waals surface area contributed by atoms with E-state index in [9.17, 15) is 18.3 Å².